The number of hydrogen-bond donors (Lipinski definition) is 1. The Morgan fingerprint density at radius 3 is 2.45 bits per heavy atom. The lowest BCUT2D eigenvalue weighted by atomic mass is 9.78. The molecule has 0 heterocycles. The second-order valence-electron chi connectivity index (χ2n) is 4.01. The van der Waals surface area contributed by atoms with Gasteiger partial charge in [0.25, 0.3) is 0 Å². The number of carbonyl (C=O) groups is 1. The maximum absolute atomic E-state index is 10.2. The fraction of sp³-hybridized carbons (Fsp3) is 0.889. The molecule has 1 aliphatic rings. The molecule has 1 saturated carbocycles. The van der Waals surface area contributed by atoms with Gasteiger partial charge in [-0.3, -0.25) is 4.79 Å². The average Bonchev–Trinajstić information content (AvgIpc) is 1.97. The molecule has 0 unspecified atom stereocenters. The fourth-order valence-electron chi connectivity index (χ4n) is 1.69. The maximum atomic E-state index is 10.2. The van der Waals surface area contributed by atoms with E-state index in [1.165, 1.54) is 12.8 Å². The molecule has 1 aliphatic carbocycles. The first-order chi connectivity index (χ1) is 5.16. The van der Waals surface area contributed by atoms with E-state index >= 15 is 0 Å². The number of nitrogens with one attached hydrogen (secondary N) is 1. The molecule has 0 atom stereocenters. The molecule has 2 nitrogen and oxygen atoms in total. The average molecular weight is 155 g/mol. The zero-order valence-corrected chi connectivity index (χ0v) is 7.39. The van der Waals surface area contributed by atoms with E-state index in [9.17, 15) is 4.79 Å². The SMILES string of the molecule is CC1CCC(C)(NC=O)CC1. The van der Waals surface area contributed by atoms with Crippen molar-refractivity contribution in [3.05, 3.63) is 0 Å². The van der Waals surface area contributed by atoms with Crippen LogP contribution in [0.5, 0.6) is 0 Å². The summed E-state index contributed by atoms with van der Waals surface area (Å²) in [5.41, 5.74) is 0.0915. The molecule has 1 fully saturated rings. The van der Waals surface area contributed by atoms with Crippen molar-refractivity contribution in [3.8, 4) is 0 Å². The summed E-state index contributed by atoms with van der Waals surface area (Å²) >= 11 is 0. The number of rotatable bonds is 2. The Labute approximate surface area is 68.4 Å². The molecule has 0 bridgehead atoms. The van der Waals surface area contributed by atoms with E-state index in [1.54, 1.807) is 0 Å². The number of hydrogen-bond acceptors (Lipinski definition) is 1. The van der Waals surface area contributed by atoms with Crippen LogP contribution in [-0.4, -0.2) is 11.9 Å². The maximum Gasteiger partial charge on any atom is 0.207 e. The van der Waals surface area contributed by atoms with Gasteiger partial charge in [-0.25, -0.2) is 0 Å². The Bertz CT molecular complexity index is 136. The van der Waals surface area contributed by atoms with E-state index in [4.69, 9.17) is 0 Å². The van der Waals surface area contributed by atoms with Gasteiger partial charge in [-0.15, -0.1) is 0 Å². The lowest BCUT2D eigenvalue weighted by Crippen LogP contribution is -2.44. The van der Waals surface area contributed by atoms with Crippen LogP contribution in [0.25, 0.3) is 0 Å². The molecule has 0 aromatic heterocycles. The monoisotopic (exact) mass is 155 g/mol. The predicted octanol–water partition coefficient (Wildman–Crippen LogP) is 1.70. The summed E-state index contributed by atoms with van der Waals surface area (Å²) in [4.78, 5) is 10.2. The second kappa shape index (κ2) is 3.24. The van der Waals surface area contributed by atoms with Gasteiger partial charge < -0.3 is 5.32 Å². The van der Waals surface area contributed by atoms with E-state index in [1.807, 2.05) is 0 Å². The highest BCUT2D eigenvalue weighted by Crippen LogP contribution is 2.30. The van der Waals surface area contributed by atoms with Gasteiger partial charge in [0.1, 0.15) is 0 Å². The molecule has 0 radical (unpaired) electrons. The third-order valence-electron chi connectivity index (χ3n) is 2.79. The Morgan fingerprint density at radius 2 is 2.00 bits per heavy atom. The molecule has 0 saturated heterocycles. The summed E-state index contributed by atoms with van der Waals surface area (Å²) in [5, 5.41) is 2.90. The van der Waals surface area contributed by atoms with Crippen molar-refractivity contribution in [2.45, 2.75) is 45.1 Å². The summed E-state index contributed by atoms with van der Waals surface area (Å²) in [6.07, 6.45) is 5.59. The smallest absolute Gasteiger partial charge is 0.207 e. The van der Waals surface area contributed by atoms with Gasteiger partial charge in [0.05, 0.1) is 0 Å². The highest BCUT2D eigenvalue weighted by molar-refractivity contribution is 5.47. The van der Waals surface area contributed by atoms with Crippen molar-refractivity contribution in [1.82, 2.24) is 5.32 Å². The lowest BCUT2D eigenvalue weighted by Gasteiger charge is -2.35. The Hall–Kier alpha value is -0.530. The lowest BCUT2D eigenvalue weighted by molar-refractivity contribution is -0.111. The van der Waals surface area contributed by atoms with E-state index in [-0.39, 0.29) is 5.54 Å². The van der Waals surface area contributed by atoms with Crippen LogP contribution in [-0.2, 0) is 4.79 Å². The van der Waals surface area contributed by atoms with E-state index in [2.05, 4.69) is 19.2 Å². The zero-order chi connectivity index (χ0) is 8.32. The Kier molecular flexibility index (Phi) is 2.53. The molecule has 11 heavy (non-hydrogen) atoms. The molecule has 0 spiro atoms. The van der Waals surface area contributed by atoms with E-state index in [0.717, 1.165) is 25.2 Å². The first kappa shape index (κ1) is 8.57. The van der Waals surface area contributed by atoms with Crippen LogP contribution in [0, 0.1) is 5.92 Å². The minimum Gasteiger partial charge on any atom is -0.354 e. The van der Waals surface area contributed by atoms with Crippen molar-refractivity contribution >= 4 is 6.41 Å². The fourth-order valence-corrected chi connectivity index (χ4v) is 1.69. The number of carbonyl (C=O) groups excluding carboxylic acids is 1. The van der Waals surface area contributed by atoms with Crippen LogP contribution < -0.4 is 5.32 Å². The summed E-state index contributed by atoms with van der Waals surface area (Å²) in [5.74, 6) is 0.844. The normalized spacial score (nSPS) is 38.2. The predicted molar refractivity (Wildman–Crippen MR) is 45.2 cm³/mol. The van der Waals surface area contributed by atoms with Crippen LogP contribution in [0.15, 0.2) is 0 Å². The summed E-state index contributed by atoms with van der Waals surface area (Å²) in [7, 11) is 0. The van der Waals surface area contributed by atoms with Gasteiger partial charge in [0.15, 0.2) is 0 Å². The third kappa shape index (κ3) is 2.21. The van der Waals surface area contributed by atoms with Gasteiger partial charge in [0, 0.05) is 5.54 Å². The highest BCUT2D eigenvalue weighted by Gasteiger charge is 2.28. The van der Waals surface area contributed by atoms with Crippen LogP contribution in [0.2, 0.25) is 0 Å². The minimum atomic E-state index is 0.0915. The van der Waals surface area contributed by atoms with Crippen molar-refractivity contribution < 1.29 is 4.79 Å². The van der Waals surface area contributed by atoms with Gasteiger partial charge in [-0.2, -0.15) is 0 Å². The highest BCUT2D eigenvalue weighted by atomic mass is 16.1. The first-order valence-electron chi connectivity index (χ1n) is 4.38. The molecule has 0 aliphatic heterocycles. The molecule has 1 N–H and O–H groups in total. The topological polar surface area (TPSA) is 29.1 Å². The van der Waals surface area contributed by atoms with Crippen molar-refractivity contribution in [3.63, 3.8) is 0 Å². The summed E-state index contributed by atoms with van der Waals surface area (Å²) in [6, 6.07) is 0. The van der Waals surface area contributed by atoms with Crippen LogP contribution in [0.1, 0.15) is 39.5 Å². The van der Waals surface area contributed by atoms with Crippen LogP contribution >= 0.6 is 0 Å². The molecule has 0 aromatic carbocycles. The second-order valence-corrected chi connectivity index (χ2v) is 4.01. The summed E-state index contributed by atoms with van der Waals surface area (Å²) < 4.78 is 0. The molecule has 2 heteroatoms. The van der Waals surface area contributed by atoms with Crippen molar-refractivity contribution in [1.29, 1.82) is 0 Å². The van der Waals surface area contributed by atoms with Gasteiger partial charge >= 0.3 is 0 Å². The first-order valence-corrected chi connectivity index (χ1v) is 4.38. The van der Waals surface area contributed by atoms with Gasteiger partial charge in [-0.05, 0) is 38.5 Å². The van der Waals surface area contributed by atoms with Crippen molar-refractivity contribution in [2.75, 3.05) is 0 Å². The molecular weight excluding hydrogens is 138 g/mol. The van der Waals surface area contributed by atoms with Crippen LogP contribution in [0.3, 0.4) is 0 Å². The third-order valence-corrected chi connectivity index (χ3v) is 2.79. The van der Waals surface area contributed by atoms with Crippen LogP contribution in [0.4, 0.5) is 0 Å². The minimum absolute atomic E-state index is 0.0915. The Balaban J connectivity index is 2.41. The van der Waals surface area contributed by atoms with E-state index in [0.29, 0.717) is 0 Å². The molecule has 0 aromatic rings. The quantitative estimate of drug-likeness (QED) is 0.604. The standard InChI is InChI=1S/C9H17NO/c1-8-3-5-9(2,6-4-8)10-7-11/h7-8H,3-6H2,1-2H3,(H,10,11). The Morgan fingerprint density at radius 1 is 1.45 bits per heavy atom. The van der Waals surface area contributed by atoms with Crippen molar-refractivity contribution in [2.24, 2.45) is 5.92 Å². The van der Waals surface area contributed by atoms with Gasteiger partial charge in [0.2, 0.25) is 6.41 Å². The zero-order valence-electron chi connectivity index (χ0n) is 7.39. The number of amides is 1. The molecular formula is C9H17NO. The molecule has 64 valence electrons. The molecule has 1 amide bonds. The van der Waals surface area contributed by atoms with Gasteiger partial charge in [-0.1, -0.05) is 6.92 Å². The largest absolute Gasteiger partial charge is 0.354 e. The van der Waals surface area contributed by atoms with E-state index < -0.39 is 0 Å². The molecule has 1 rings (SSSR count). The summed E-state index contributed by atoms with van der Waals surface area (Å²) in [6.45, 7) is 4.41.